The molecule has 1 aliphatic heterocycles. The number of amides is 2. The molecular weight excluding hydrogens is 308 g/mol. The van der Waals surface area contributed by atoms with E-state index >= 15 is 0 Å². The van der Waals surface area contributed by atoms with E-state index in [0.717, 1.165) is 11.3 Å². The van der Waals surface area contributed by atoms with Crippen LogP contribution in [0.25, 0.3) is 0 Å². The number of hydrogen-bond acceptors (Lipinski definition) is 3. The maximum absolute atomic E-state index is 12.8. The molecule has 0 N–H and O–H groups in total. The molecule has 2 aromatic rings. The Bertz CT molecular complexity index is 731. The van der Waals surface area contributed by atoms with Crippen molar-refractivity contribution in [2.75, 3.05) is 24.7 Å². The van der Waals surface area contributed by atoms with E-state index in [0.29, 0.717) is 11.3 Å². The second kappa shape index (κ2) is 6.46. The summed E-state index contributed by atoms with van der Waals surface area (Å²) in [7, 11) is 3.48. The zero-order valence-corrected chi connectivity index (χ0v) is 13.9. The molecule has 0 unspecified atom stereocenters. The smallest absolute Gasteiger partial charge is 0.259 e. The van der Waals surface area contributed by atoms with Gasteiger partial charge in [0.1, 0.15) is 5.37 Å². The van der Waals surface area contributed by atoms with Gasteiger partial charge in [-0.05, 0) is 23.8 Å². The number of nitrogens with zero attached hydrogens (tertiary/aromatic N) is 2. The van der Waals surface area contributed by atoms with E-state index in [1.807, 2.05) is 54.6 Å². The molecule has 2 aromatic carbocycles. The Kier molecular flexibility index (Phi) is 4.39. The molecule has 3 rings (SSSR count). The van der Waals surface area contributed by atoms with Crippen molar-refractivity contribution >= 4 is 29.3 Å². The summed E-state index contributed by atoms with van der Waals surface area (Å²) in [4.78, 5) is 28.1. The summed E-state index contributed by atoms with van der Waals surface area (Å²) >= 11 is 1.48. The predicted molar refractivity (Wildman–Crippen MR) is 93.6 cm³/mol. The van der Waals surface area contributed by atoms with Gasteiger partial charge in [0.25, 0.3) is 5.91 Å². The second-order valence-electron chi connectivity index (χ2n) is 5.55. The van der Waals surface area contributed by atoms with Gasteiger partial charge in [0, 0.05) is 25.3 Å². The molecule has 4 nitrogen and oxygen atoms in total. The summed E-state index contributed by atoms with van der Waals surface area (Å²) in [6.45, 7) is 0. The molecule has 0 spiro atoms. The molecule has 0 aliphatic carbocycles. The Labute approximate surface area is 140 Å². The van der Waals surface area contributed by atoms with E-state index in [9.17, 15) is 9.59 Å². The lowest BCUT2D eigenvalue weighted by molar-refractivity contribution is -0.125. The maximum Gasteiger partial charge on any atom is 0.259 e. The first-order valence-electron chi connectivity index (χ1n) is 7.39. The van der Waals surface area contributed by atoms with Gasteiger partial charge in [-0.1, -0.05) is 36.4 Å². The highest BCUT2D eigenvalue weighted by Gasteiger charge is 2.38. The van der Waals surface area contributed by atoms with E-state index in [1.165, 1.54) is 11.8 Å². The van der Waals surface area contributed by atoms with Crippen molar-refractivity contribution in [1.82, 2.24) is 4.90 Å². The van der Waals surface area contributed by atoms with Crippen LogP contribution in [0.15, 0.2) is 54.6 Å². The number of hydrogen-bond donors (Lipinski definition) is 0. The number of para-hydroxylation sites is 1. The minimum absolute atomic E-state index is 0.0124. The van der Waals surface area contributed by atoms with Gasteiger partial charge in [-0.2, -0.15) is 0 Å². The Morgan fingerprint density at radius 3 is 2.43 bits per heavy atom. The molecule has 0 saturated heterocycles. The third-order valence-corrected chi connectivity index (χ3v) is 5.00. The highest BCUT2D eigenvalue weighted by molar-refractivity contribution is 8.00. The van der Waals surface area contributed by atoms with Gasteiger partial charge in [0.05, 0.1) is 5.75 Å². The standard InChI is InChI=1S/C18H18N2O2S/c1-19(2)16(21)12-23-18-15-11-7-6-10-14(15)17(22)20(18)13-8-4-3-5-9-13/h3-11,18H,12H2,1-2H3/t18-/m1/s1. The normalized spacial score (nSPS) is 16.3. The maximum atomic E-state index is 12.8. The van der Waals surface area contributed by atoms with Crippen molar-refractivity contribution in [2.45, 2.75) is 5.37 Å². The molecule has 0 fully saturated rings. The molecule has 2 amide bonds. The van der Waals surface area contributed by atoms with Crippen LogP contribution in [0, 0.1) is 0 Å². The highest BCUT2D eigenvalue weighted by Crippen LogP contribution is 2.43. The highest BCUT2D eigenvalue weighted by atomic mass is 32.2. The summed E-state index contributed by atoms with van der Waals surface area (Å²) in [5.74, 6) is 0.365. The van der Waals surface area contributed by atoms with Crippen molar-refractivity contribution in [1.29, 1.82) is 0 Å². The number of carbonyl (C=O) groups excluding carboxylic acids is 2. The Morgan fingerprint density at radius 2 is 1.74 bits per heavy atom. The third kappa shape index (κ3) is 2.97. The van der Waals surface area contributed by atoms with Crippen molar-refractivity contribution in [3.8, 4) is 0 Å². The molecule has 0 radical (unpaired) electrons. The van der Waals surface area contributed by atoms with Crippen LogP contribution in [-0.4, -0.2) is 36.6 Å². The fraction of sp³-hybridized carbons (Fsp3) is 0.222. The number of fused-ring (bicyclic) bond motifs is 1. The fourth-order valence-corrected chi connectivity index (χ4v) is 3.88. The largest absolute Gasteiger partial charge is 0.348 e. The van der Waals surface area contributed by atoms with E-state index in [-0.39, 0.29) is 17.2 Å². The first-order valence-corrected chi connectivity index (χ1v) is 8.44. The SMILES string of the molecule is CN(C)C(=O)CS[C@@H]1c2ccccc2C(=O)N1c1ccccc1. The average molecular weight is 326 g/mol. The van der Waals surface area contributed by atoms with Gasteiger partial charge in [-0.25, -0.2) is 0 Å². The van der Waals surface area contributed by atoms with Gasteiger partial charge in [-0.3, -0.25) is 14.5 Å². The van der Waals surface area contributed by atoms with Crippen LogP contribution in [0.1, 0.15) is 21.3 Å². The van der Waals surface area contributed by atoms with Gasteiger partial charge in [0.2, 0.25) is 5.91 Å². The molecule has 23 heavy (non-hydrogen) atoms. The molecule has 0 saturated carbocycles. The van der Waals surface area contributed by atoms with Crippen LogP contribution >= 0.6 is 11.8 Å². The predicted octanol–water partition coefficient (Wildman–Crippen LogP) is 3.17. The minimum Gasteiger partial charge on any atom is -0.348 e. The molecule has 5 heteroatoms. The van der Waals surface area contributed by atoms with Crippen LogP contribution in [0.2, 0.25) is 0 Å². The van der Waals surface area contributed by atoms with Crippen molar-refractivity contribution in [2.24, 2.45) is 0 Å². The third-order valence-electron chi connectivity index (χ3n) is 3.81. The minimum atomic E-state index is -0.176. The Balaban J connectivity index is 1.94. The topological polar surface area (TPSA) is 40.6 Å². The first kappa shape index (κ1) is 15.6. The molecular formula is C18H18N2O2S. The van der Waals surface area contributed by atoms with Crippen molar-refractivity contribution in [3.63, 3.8) is 0 Å². The second-order valence-corrected chi connectivity index (χ2v) is 6.62. The number of thioether (sulfide) groups is 1. The zero-order valence-electron chi connectivity index (χ0n) is 13.1. The molecule has 118 valence electrons. The summed E-state index contributed by atoms with van der Waals surface area (Å²) in [5.41, 5.74) is 2.53. The average Bonchev–Trinajstić information content (AvgIpc) is 2.86. The fourth-order valence-electron chi connectivity index (χ4n) is 2.57. The summed E-state index contributed by atoms with van der Waals surface area (Å²) in [6, 6.07) is 17.2. The van der Waals surface area contributed by atoms with E-state index < -0.39 is 0 Å². The monoisotopic (exact) mass is 326 g/mol. The van der Waals surface area contributed by atoms with Gasteiger partial charge < -0.3 is 4.90 Å². The number of carbonyl (C=O) groups is 2. The molecule has 1 heterocycles. The number of anilines is 1. The molecule has 0 aromatic heterocycles. The molecule has 0 bridgehead atoms. The summed E-state index contributed by atoms with van der Waals surface area (Å²) in [6.07, 6.45) is 0. The lowest BCUT2D eigenvalue weighted by atomic mass is 10.1. The van der Waals surface area contributed by atoms with Crippen LogP contribution in [0.5, 0.6) is 0 Å². The first-order chi connectivity index (χ1) is 11.1. The lowest BCUT2D eigenvalue weighted by Crippen LogP contribution is -2.28. The van der Waals surface area contributed by atoms with Gasteiger partial charge in [0.15, 0.2) is 0 Å². The van der Waals surface area contributed by atoms with Crippen LogP contribution < -0.4 is 4.90 Å². The number of rotatable bonds is 4. The van der Waals surface area contributed by atoms with Crippen molar-refractivity contribution < 1.29 is 9.59 Å². The van der Waals surface area contributed by atoms with Crippen molar-refractivity contribution in [3.05, 3.63) is 65.7 Å². The van der Waals surface area contributed by atoms with E-state index in [2.05, 4.69) is 0 Å². The van der Waals surface area contributed by atoms with Crippen LogP contribution in [-0.2, 0) is 4.79 Å². The van der Waals surface area contributed by atoms with Crippen LogP contribution in [0.3, 0.4) is 0 Å². The Hall–Kier alpha value is -2.27. The molecule has 1 aliphatic rings. The lowest BCUT2D eigenvalue weighted by Gasteiger charge is -2.25. The summed E-state index contributed by atoms with van der Waals surface area (Å²) in [5, 5.41) is -0.176. The van der Waals surface area contributed by atoms with Crippen LogP contribution in [0.4, 0.5) is 5.69 Å². The van der Waals surface area contributed by atoms with Gasteiger partial charge in [-0.15, -0.1) is 11.8 Å². The van der Waals surface area contributed by atoms with Gasteiger partial charge >= 0.3 is 0 Å². The number of benzene rings is 2. The summed E-state index contributed by atoms with van der Waals surface area (Å²) < 4.78 is 0. The Morgan fingerprint density at radius 1 is 1.09 bits per heavy atom. The molecule has 1 atom stereocenters. The van der Waals surface area contributed by atoms with E-state index in [4.69, 9.17) is 0 Å². The van der Waals surface area contributed by atoms with E-state index in [1.54, 1.807) is 23.9 Å². The quantitative estimate of drug-likeness (QED) is 0.866. The zero-order chi connectivity index (χ0) is 16.4.